The van der Waals surface area contributed by atoms with Gasteiger partial charge in [0.1, 0.15) is 17.1 Å². The molecule has 4 heterocycles. The van der Waals surface area contributed by atoms with Crippen LogP contribution in [0.25, 0.3) is 44.6 Å². The standard InChI is InChI=1S/C39H37N7O3/c1-24-30(7-5-9-32(24)39-45-34-19-26(21-41-13-12-35(47)48)17-29(20-40)37(34)49-39)31-8-6-10-33(25(31)2)44-38-36-28(11-14-42-38)18-27(22-43-36)23-46-15-3-4-16-46/h5-11,14,17-19,22,41H,3-4,12-13,15-16,21,23H2,1-2H3,(H,42,44)(H,47,48). The molecule has 0 atom stereocenters. The van der Waals surface area contributed by atoms with Crippen LogP contribution < -0.4 is 10.6 Å². The summed E-state index contributed by atoms with van der Waals surface area (Å²) in [7, 11) is 0. The van der Waals surface area contributed by atoms with Gasteiger partial charge in [0, 0.05) is 48.7 Å². The fraction of sp³-hybridized carbons (Fsp3) is 0.256. The number of benzene rings is 3. The molecule has 0 radical (unpaired) electrons. The third kappa shape index (κ3) is 6.72. The number of nitrogens with zero attached hydrogens (tertiary/aromatic N) is 5. The first-order valence-electron chi connectivity index (χ1n) is 16.6. The van der Waals surface area contributed by atoms with Crippen LogP contribution in [-0.2, 0) is 17.9 Å². The summed E-state index contributed by atoms with van der Waals surface area (Å²) in [5.74, 6) is 0.286. The summed E-state index contributed by atoms with van der Waals surface area (Å²) in [6.07, 6.45) is 6.35. The number of hydrogen-bond acceptors (Lipinski definition) is 9. The van der Waals surface area contributed by atoms with E-state index in [9.17, 15) is 10.1 Å². The van der Waals surface area contributed by atoms with Crippen molar-refractivity contribution in [1.82, 2.24) is 25.2 Å². The van der Waals surface area contributed by atoms with Gasteiger partial charge in [0.05, 0.1) is 12.0 Å². The van der Waals surface area contributed by atoms with Crippen molar-refractivity contribution in [2.24, 2.45) is 0 Å². The van der Waals surface area contributed by atoms with Gasteiger partial charge in [-0.2, -0.15) is 5.26 Å². The summed E-state index contributed by atoms with van der Waals surface area (Å²) in [5.41, 5.74) is 10.2. The van der Waals surface area contributed by atoms with Crippen molar-refractivity contribution in [2.45, 2.75) is 46.2 Å². The molecule has 3 aromatic carbocycles. The number of fused-ring (bicyclic) bond motifs is 2. The molecule has 0 bridgehead atoms. The van der Waals surface area contributed by atoms with Crippen molar-refractivity contribution in [3.8, 4) is 28.7 Å². The van der Waals surface area contributed by atoms with Gasteiger partial charge < -0.3 is 20.2 Å². The Morgan fingerprint density at radius 1 is 0.980 bits per heavy atom. The summed E-state index contributed by atoms with van der Waals surface area (Å²) < 4.78 is 6.22. The Hall–Kier alpha value is -5.63. The van der Waals surface area contributed by atoms with E-state index in [1.807, 2.05) is 42.7 Å². The van der Waals surface area contributed by atoms with Crippen LogP contribution in [0.1, 0.15) is 47.1 Å². The molecule has 0 amide bonds. The largest absolute Gasteiger partial charge is 0.481 e. The maximum Gasteiger partial charge on any atom is 0.304 e. The van der Waals surface area contributed by atoms with Crippen molar-refractivity contribution >= 4 is 39.5 Å². The lowest BCUT2D eigenvalue weighted by Gasteiger charge is -2.17. The highest BCUT2D eigenvalue weighted by molar-refractivity contribution is 5.91. The smallest absolute Gasteiger partial charge is 0.304 e. The summed E-state index contributed by atoms with van der Waals surface area (Å²) in [5, 5.41) is 26.5. The zero-order chi connectivity index (χ0) is 33.9. The van der Waals surface area contributed by atoms with E-state index in [-0.39, 0.29) is 6.42 Å². The molecule has 3 aromatic heterocycles. The number of nitriles is 1. The van der Waals surface area contributed by atoms with Crippen molar-refractivity contribution in [1.29, 1.82) is 5.26 Å². The number of carboxylic acids is 1. The fourth-order valence-corrected chi connectivity index (χ4v) is 6.65. The predicted octanol–water partition coefficient (Wildman–Crippen LogP) is 7.50. The second-order valence-corrected chi connectivity index (χ2v) is 12.6. The SMILES string of the molecule is Cc1c(Nc2nccc3cc(CN4CCCC4)cnc23)cccc1-c1cccc(-c2nc3cc(CNCCC(=O)O)cc(C#N)c3o2)c1C. The van der Waals surface area contributed by atoms with E-state index in [2.05, 4.69) is 64.7 Å². The van der Waals surface area contributed by atoms with Crippen LogP contribution >= 0.6 is 0 Å². The summed E-state index contributed by atoms with van der Waals surface area (Å²) in [6.45, 7) is 8.12. The average molecular weight is 652 g/mol. The minimum atomic E-state index is -0.863. The molecule has 1 aliphatic heterocycles. The number of likely N-dealkylation sites (tertiary alicyclic amines) is 1. The fourth-order valence-electron chi connectivity index (χ4n) is 6.65. The molecule has 0 spiro atoms. The number of hydrogen-bond donors (Lipinski definition) is 3. The van der Waals surface area contributed by atoms with Gasteiger partial charge in [-0.15, -0.1) is 0 Å². The van der Waals surface area contributed by atoms with E-state index in [1.165, 1.54) is 18.4 Å². The van der Waals surface area contributed by atoms with Crippen molar-refractivity contribution in [3.63, 3.8) is 0 Å². The highest BCUT2D eigenvalue weighted by atomic mass is 16.4. The Labute approximate surface area is 284 Å². The first kappa shape index (κ1) is 31.9. The van der Waals surface area contributed by atoms with Gasteiger partial charge in [0.15, 0.2) is 11.4 Å². The van der Waals surface area contributed by atoms with E-state index in [0.29, 0.717) is 41.5 Å². The zero-order valence-electron chi connectivity index (χ0n) is 27.6. The summed E-state index contributed by atoms with van der Waals surface area (Å²) in [6, 6.07) is 22.3. The van der Waals surface area contributed by atoms with Crippen molar-refractivity contribution < 1.29 is 14.3 Å². The van der Waals surface area contributed by atoms with Crippen LogP contribution in [-0.4, -0.2) is 50.6 Å². The minimum Gasteiger partial charge on any atom is -0.481 e. The molecule has 49 heavy (non-hydrogen) atoms. The molecule has 7 rings (SSSR count). The number of aliphatic carboxylic acids is 1. The van der Waals surface area contributed by atoms with Crippen LogP contribution in [0.4, 0.5) is 11.5 Å². The van der Waals surface area contributed by atoms with Gasteiger partial charge in [-0.1, -0.05) is 24.3 Å². The van der Waals surface area contributed by atoms with Crippen LogP contribution in [0.2, 0.25) is 0 Å². The second-order valence-electron chi connectivity index (χ2n) is 12.6. The lowest BCUT2D eigenvalue weighted by atomic mass is 9.93. The number of oxazole rings is 1. The Balaban J connectivity index is 1.17. The van der Waals surface area contributed by atoms with Crippen LogP contribution in [0.3, 0.4) is 0 Å². The molecular weight excluding hydrogens is 614 g/mol. The van der Waals surface area contributed by atoms with Crippen molar-refractivity contribution in [3.05, 3.63) is 101 Å². The number of nitrogens with one attached hydrogen (secondary N) is 2. The molecule has 0 unspecified atom stereocenters. The number of pyridine rings is 2. The highest BCUT2D eigenvalue weighted by Crippen LogP contribution is 2.37. The predicted molar refractivity (Wildman–Crippen MR) is 190 cm³/mol. The number of carboxylic acid groups (broad SMARTS) is 1. The third-order valence-corrected chi connectivity index (χ3v) is 9.22. The zero-order valence-corrected chi connectivity index (χ0v) is 27.6. The normalized spacial score (nSPS) is 13.2. The van der Waals surface area contributed by atoms with Gasteiger partial charge in [0.2, 0.25) is 5.89 Å². The first-order valence-corrected chi connectivity index (χ1v) is 16.6. The molecule has 1 fully saturated rings. The molecule has 0 aliphatic carbocycles. The maximum absolute atomic E-state index is 10.9. The quantitative estimate of drug-likeness (QED) is 0.121. The molecule has 3 N–H and O–H groups in total. The molecule has 10 nitrogen and oxygen atoms in total. The molecule has 1 aliphatic rings. The van der Waals surface area contributed by atoms with Crippen molar-refractivity contribution in [2.75, 3.05) is 25.0 Å². The molecule has 6 aromatic rings. The van der Waals surface area contributed by atoms with E-state index in [1.54, 1.807) is 6.07 Å². The maximum atomic E-state index is 10.9. The Kier molecular flexibility index (Phi) is 9.03. The topological polar surface area (TPSA) is 140 Å². The van der Waals surface area contributed by atoms with Gasteiger partial charge >= 0.3 is 5.97 Å². The number of rotatable bonds is 11. The lowest BCUT2D eigenvalue weighted by Crippen LogP contribution is -2.18. The van der Waals surface area contributed by atoms with Crippen LogP contribution in [0.15, 0.2) is 77.5 Å². The van der Waals surface area contributed by atoms with Gasteiger partial charge in [-0.3, -0.25) is 14.7 Å². The van der Waals surface area contributed by atoms with E-state index in [4.69, 9.17) is 19.5 Å². The molecule has 1 saturated heterocycles. The van der Waals surface area contributed by atoms with Gasteiger partial charge in [0.25, 0.3) is 0 Å². The summed E-state index contributed by atoms with van der Waals surface area (Å²) >= 11 is 0. The van der Waals surface area contributed by atoms with Gasteiger partial charge in [-0.25, -0.2) is 9.97 Å². The molecule has 246 valence electrons. The van der Waals surface area contributed by atoms with Crippen LogP contribution in [0.5, 0.6) is 0 Å². The Bertz CT molecular complexity index is 2230. The number of aromatic nitrogens is 3. The molecular formula is C39H37N7O3. The monoisotopic (exact) mass is 651 g/mol. The highest BCUT2D eigenvalue weighted by Gasteiger charge is 2.19. The van der Waals surface area contributed by atoms with Crippen LogP contribution in [0, 0.1) is 25.2 Å². The first-order chi connectivity index (χ1) is 23.9. The molecule has 0 saturated carbocycles. The second kappa shape index (κ2) is 13.8. The van der Waals surface area contributed by atoms with E-state index in [0.717, 1.165) is 69.6 Å². The Morgan fingerprint density at radius 2 is 1.76 bits per heavy atom. The lowest BCUT2D eigenvalue weighted by molar-refractivity contribution is -0.136. The van der Waals surface area contributed by atoms with Gasteiger partial charge in [-0.05, 0) is 110 Å². The number of anilines is 2. The minimum absolute atomic E-state index is 0.0204. The third-order valence-electron chi connectivity index (χ3n) is 9.22. The Morgan fingerprint density at radius 3 is 2.55 bits per heavy atom. The average Bonchev–Trinajstić information content (AvgIpc) is 3.78. The van der Waals surface area contributed by atoms with E-state index < -0.39 is 5.97 Å². The summed E-state index contributed by atoms with van der Waals surface area (Å²) in [4.78, 5) is 27.6. The molecule has 10 heteroatoms. The number of carbonyl (C=O) groups is 1. The van der Waals surface area contributed by atoms with E-state index >= 15 is 0 Å².